The largest absolute Gasteiger partial charge is 0.467 e. The van der Waals surface area contributed by atoms with E-state index in [1.54, 1.807) is 15.8 Å². The SMILES string of the molecule is Cn1nc(C(C)(C)C)cc1C(=O)N(Cc1ccco1)CC1CCCO1. The first-order valence-electron chi connectivity index (χ1n) is 8.82. The normalized spacial score (nSPS) is 17.8. The topological polar surface area (TPSA) is 60.5 Å². The lowest BCUT2D eigenvalue weighted by atomic mass is 9.92. The first-order valence-corrected chi connectivity index (χ1v) is 8.82. The Morgan fingerprint density at radius 3 is 2.80 bits per heavy atom. The molecule has 0 bridgehead atoms. The van der Waals surface area contributed by atoms with Crippen LogP contribution in [0.5, 0.6) is 0 Å². The maximum absolute atomic E-state index is 13.2. The smallest absolute Gasteiger partial charge is 0.272 e. The minimum atomic E-state index is -0.101. The average molecular weight is 345 g/mol. The van der Waals surface area contributed by atoms with E-state index in [0.29, 0.717) is 18.8 Å². The Morgan fingerprint density at radius 1 is 1.44 bits per heavy atom. The van der Waals surface area contributed by atoms with Crippen molar-refractivity contribution in [1.82, 2.24) is 14.7 Å². The van der Waals surface area contributed by atoms with Gasteiger partial charge in [-0.15, -0.1) is 0 Å². The average Bonchev–Trinajstić information content (AvgIpc) is 3.26. The number of aromatic nitrogens is 2. The summed E-state index contributed by atoms with van der Waals surface area (Å²) < 4.78 is 12.9. The molecule has 3 heterocycles. The standard InChI is InChI=1S/C19H27N3O3/c1-19(2,3)17-11-16(21(4)20-17)18(23)22(12-14-7-5-9-24-14)13-15-8-6-10-25-15/h5,7,9,11,15H,6,8,10,12-13H2,1-4H3. The molecule has 0 N–H and O–H groups in total. The van der Waals surface area contributed by atoms with Crippen LogP contribution in [0, 0.1) is 0 Å². The summed E-state index contributed by atoms with van der Waals surface area (Å²) in [7, 11) is 1.82. The quantitative estimate of drug-likeness (QED) is 0.835. The molecule has 3 rings (SSSR count). The molecule has 1 unspecified atom stereocenters. The van der Waals surface area contributed by atoms with Gasteiger partial charge in [0.15, 0.2) is 0 Å². The lowest BCUT2D eigenvalue weighted by Crippen LogP contribution is -2.37. The van der Waals surface area contributed by atoms with Crippen molar-refractivity contribution in [3.8, 4) is 0 Å². The van der Waals surface area contributed by atoms with Crippen molar-refractivity contribution in [2.75, 3.05) is 13.2 Å². The van der Waals surface area contributed by atoms with Gasteiger partial charge in [-0.1, -0.05) is 20.8 Å². The van der Waals surface area contributed by atoms with Gasteiger partial charge in [-0.3, -0.25) is 9.48 Å². The van der Waals surface area contributed by atoms with E-state index in [0.717, 1.165) is 30.9 Å². The first kappa shape index (κ1) is 17.7. The number of furan rings is 1. The molecular weight excluding hydrogens is 318 g/mol. The molecule has 1 saturated heterocycles. The number of aryl methyl sites for hydroxylation is 1. The van der Waals surface area contributed by atoms with Crippen LogP contribution in [0.15, 0.2) is 28.9 Å². The predicted molar refractivity (Wildman–Crippen MR) is 94.3 cm³/mol. The highest BCUT2D eigenvalue weighted by atomic mass is 16.5. The second kappa shape index (κ2) is 7.04. The van der Waals surface area contributed by atoms with Crippen LogP contribution in [0.4, 0.5) is 0 Å². The zero-order valence-corrected chi connectivity index (χ0v) is 15.5. The van der Waals surface area contributed by atoms with Crippen LogP contribution in [0.2, 0.25) is 0 Å². The predicted octanol–water partition coefficient (Wildman–Crippen LogP) is 3.13. The minimum Gasteiger partial charge on any atom is -0.467 e. The molecule has 2 aromatic rings. The summed E-state index contributed by atoms with van der Waals surface area (Å²) >= 11 is 0. The van der Waals surface area contributed by atoms with Gasteiger partial charge in [-0.25, -0.2) is 0 Å². The van der Waals surface area contributed by atoms with Crippen molar-refractivity contribution in [2.45, 2.75) is 51.7 Å². The molecular formula is C19H27N3O3. The van der Waals surface area contributed by atoms with Gasteiger partial charge in [0.25, 0.3) is 5.91 Å². The number of ether oxygens (including phenoxy) is 1. The van der Waals surface area contributed by atoms with Crippen LogP contribution in [0.1, 0.15) is 55.6 Å². The fourth-order valence-electron chi connectivity index (χ4n) is 3.04. The van der Waals surface area contributed by atoms with E-state index in [1.807, 2.05) is 25.2 Å². The Labute approximate surface area is 148 Å². The van der Waals surface area contributed by atoms with Gasteiger partial charge in [-0.05, 0) is 31.0 Å². The monoisotopic (exact) mass is 345 g/mol. The second-order valence-corrected chi connectivity index (χ2v) is 7.69. The van der Waals surface area contributed by atoms with Gasteiger partial charge in [-0.2, -0.15) is 5.10 Å². The molecule has 1 atom stereocenters. The van der Waals surface area contributed by atoms with Gasteiger partial charge in [0, 0.05) is 25.6 Å². The molecule has 0 spiro atoms. The highest BCUT2D eigenvalue weighted by Gasteiger charge is 2.28. The lowest BCUT2D eigenvalue weighted by molar-refractivity contribution is 0.0483. The fraction of sp³-hybridized carbons (Fsp3) is 0.579. The van der Waals surface area contributed by atoms with Crippen molar-refractivity contribution < 1.29 is 13.9 Å². The zero-order valence-electron chi connectivity index (χ0n) is 15.5. The van der Waals surface area contributed by atoms with Crippen LogP contribution >= 0.6 is 0 Å². The summed E-state index contributed by atoms with van der Waals surface area (Å²) in [4.78, 5) is 15.0. The molecule has 6 heteroatoms. The van der Waals surface area contributed by atoms with E-state index >= 15 is 0 Å². The van der Waals surface area contributed by atoms with Crippen molar-refractivity contribution in [3.63, 3.8) is 0 Å². The molecule has 0 aliphatic carbocycles. The van der Waals surface area contributed by atoms with Gasteiger partial charge in [0.05, 0.1) is 24.6 Å². The molecule has 25 heavy (non-hydrogen) atoms. The van der Waals surface area contributed by atoms with Crippen molar-refractivity contribution in [2.24, 2.45) is 7.05 Å². The summed E-state index contributed by atoms with van der Waals surface area (Å²) in [6, 6.07) is 5.62. The Morgan fingerprint density at radius 2 is 2.24 bits per heavy atom. The number of carbonyl (C=O) groups is 1. The third-order valence-corrected chi connectivity index (χ3v) is 4.53. The van der Waals surface area contributed by atoms with Crippen LogP contribution in [0.25, 0.3) is 0 Å². The van der Waals surface area contributed by atoms with E-state index in [-0.39, 0.29) is 17.4 Å². The van der Waals surface area contributed by atoms with E-state index in [2.05, 4.69) is 25.9 Å². The molecule has 1 aliphatic heterocycles. The molecule has 1 fully saturated rings. The van der Waals surface area contributed by atoms with Crippen LogP contribution in [-0.4, -0.2) is 39.8 Å². The highest BCUT2D eigenvalue weighted by molar-refractivity contribution is 5.92. The van der Waals surface area contributed by atoms with Crippen LogP contribution < -0.4 is 0 Å². The Hall–Kier alpha value is -2.08. The van der Waals surface area contributed by atoms with Gasteiger partial charge in [0.1, 0.15) is 11.5 Å². The molecule has 136 valence electrons. The van der Waals surface area contributed by atoms with Crippen molar-refractivity contribution in [3.05, 3.63) is 41.6 Å². The summed E-state index contributed by atoms with van der Waals surface area (Å²) in [5.74, 6) is 0.724. The Kier molecular flexibility index (Phi) is 4.99. The molecule has 0 saturated carbocycles. The molecule has 0 radical (unpaired) electrons. The first-order chi connectivity index (χ1) is 11.8. The van der Waals surface area contributed by atoms with Crippen LogP contribution in [-0.2, 0) is 23.7 Å². The number of rotatable bonds is 5. The summed E-state index contributed by atoms with van der Waals surface area (Å²) in [5, 5.41) is 4.53. The van der Waals surface area contributed by atoms with Crippen molar-refractivity contribution >= 4 is 5.91 Å². The van der Waals surface area contributed by atoms with Crippen LogP contribution in [0.3, 0.4) is 0 Å². The van der Waals surface area contributed by atoms with Crippen molar-refractivity contribution in [1.29, 1.82) is 0 Å². The van der Waals surface area contributed by atoms with Gasteiger partial charge in [0.2, 0.25) is 0 Å². The third kappa shape index (κ3) is 4.12. The molecule has 1 aliphatic rings. The zero-order chi connectivity index (χ0) is 18.0. The molecule has 2 aromatic heterocycles. The van der Waals surface area contributed by atoms with E-state index in [4.69, 9.17) is 9.15 Å². The second-order valence-electron chi connectivity index (χ2n) is 7.69. The maximum atomic E-state index is 13.2. The third-order valence-electron chi connectivity index (χ3n) is 4.53. The summed E-state index contributed by atoms with van der Waals surface area (Å²) in [5.41, 5.74) is 1.40. The lowest BCUT2D eigenvalue weighted by Gasteiger charge is -2.24. The molecule has 0 aromatic carbocycles. The van der Waals surface area contributed by atoms with E-state index < -0.39 is 0 Å². The number of carbonyl (C=O) groups excluding carboxylic acids is 1. The number of nitrogens with zero attached hydrogens (tertiary/aromatic N) is 3. The molecule has 6 nitrogen and oxygen atoms in total. The Bertz CT molecular complexity index is 707. The van der Waals surface area contributed by atoms with E-state index in [1.165, 1.54) is 0 Å². The summed E-state index contributed by atoms with van der Waals surface area (Å²) in [6.45, 7) is 8.05. The number of hydrogen-bond acceptors (Lipinski definition) is 4. The van der Waals surface area contributed by atoms with Gasteiger partial charge < -0.3 is 14.1 Å². The molecule has 1 amide bonds. The number of hydrogen-bond donors (Lipinski definition) is 0. The van der Waals surface area contributed by atoms with Gasteiger partial charge >= 0.3 is 0 Å². The minimum absolute atomic E-state index is 0.0441. The fourth-order valence-corrected chi connectivity index (χ4v) is 3.04. The summed E-state index contributed by atoms with van der Waals surface area (Å²) in [6.07, 6.45) is 3.76. The number of amides is 1. The maximum Gasteiger partial charge on any atom is 0.272 e. The van der Waals surface area contributed by atoms with E-state index in [9.17, 15) is 4.79 Å². The Balaban J connectivity index is 1.83. The highest BCUT2D eigenvalue weighted by Crippen LogP contribution is 2.23.